The van der Waals surface area contributed by atoms with Crippen molar-refractivity contribution in [1.82, 2.24) is 0 Å². The lowest BCUT2D eigenvalue weighted by Gasteiger charge is -2.21. The van der Waals surface area contributed by atoms with E-state index in [1.54, 1.807) is 0 Å². The molecular weight excluding hydrogens is 1280 g/mol. The van der Waals surface area contributed by atoms with E-state index in [2.05, 4.69) is 34.6 Å². The van der Waals surface area contributed by atoms with Gasteiger partial charge in [-0.3, -0.25) is 37.3 Å². The van der Waals surface area contributed by atoms with Crippen LogP contribution in [0.4, 0.5) is 0 Å². The number of ether oxygens (including phenoxy) is 4. The first-order chi connectivity index (χ1) is 47.6. The van der Waals surface area contributed by atoms with Gasteiger partial charge in [0.15, 0.2) is 12.2 Å². The number of carbonyl (C=O) groups excluding carboxylic acids is 4. The zero-order chi connectivity index (χ0) is 71.9. The number of unbranched alkanes of at least 4 members (excludes halogenated alkanes) is 50. The molecule has 0 aromatic carbocycles. The fourth-order valence-corrected chi connectivity index (χ4v) is 13.8. The fourth-order valence-electron chi connectivity index (χ4n) is 12.2. The minimum absolute atomic E-state index is 0.106. The van der Waals surface area contributed by atoms with Crippen molar-refractivity contribution >= 4 is 39.5 Å². The molecular formula is C79H154O17P2. The minimum atomic E-state index is -4.96. The first-order valence-electron chi connectivity index (χ1n) is 41.2. The Hall–Kier alpha value is -1.94. The molecule has 0 saturated carbocycles. The Morgan fingerprint density at radius 1 is 0.286 bits per heavy atom. The summed E-state index contributed by atoms with van der Waals surface area (Å²) in [6.45, 7) is 7.30. The maximum Gasteiger partial charge on any atom is 0.472 e. The molecule has 0 rings (SSSR count). The van der Waals surface area contributed by atoms with Crippen LogP contribution in [0.3, 0.4) is 0 Å². The Labute approximate surface area is 600 Å². The molecule has 3 unspecified atom stereocenters. The molecule has 0 aliphatic rings. The highest BCUT2D eigenvalue weighted by molar-refractivity contribution is 7.47. The van der Waals surface area contributed by atoms with Gasteiger partial charge < -0.3 is 33.8 Å². The molecule has 0 aromatic rings. The Bertz CT molecular complexity index is 1880. The van der Waals surface area contributed by atoms with Crippen LogP contribution in [0.2, 0.25) is 0 Å². The summed E-state index contributed by atoms with van der Waals surface area (Å²) < 4.78 is 68.5. The van der Waals surface area contributed by atoms with Gasteiger partial charge in [0.05, 0.1) is 26.4 Å². The molecule has 0 aliphatic carbocycles. The molecule has 0 spiro atoms. The summed E-state index contributed by atoms with van der Waals surface area (Å²) in [7, 11) is -9.91. The summed E-state index contributed by atoms with van der Waals surface area (Å²) in [5.41, 5.74) is 0. The molecule has 6 atom stereocenters. The highest BCUT2D eigenvalue weighted by Gasteiger charge is 2.30. The zero-order valence-corrected chi connectivity index (χ0v) is 65.7. The summed E-state index contributed by atoms with van der Waals surface area (Å²) in [5.74, 6) is -1.31. The van der Waals surface area contributed by atoms with Gasteiger partial charge >= 0.3 is 39.5 Å². The summed E-state index contributed by atoms with van der Waals surface area (Å²) in [6, 6.07) is 0. The molecule has 0 amide bonds. The maximum absolute atomic E-state index is 13.1. The molecule has 0 fully saturated rings. The Morgan fingerprint density at radius 2 is 0.490 bits per heavy atom. The molecule has 0 aliphatic heterocycles. The number of hydrogen-bond donors (Lipinski definition) is 3. The second-order valence-corrected chi connectivity index (χ2v) is 31.6. The molecule has 0 heterocycles. The molecule has 19 heteroatoms. The van der Waals surface area contributed by atoms with Crippen LogP contribution in [0.15, 0.2) is 0 Å². The van der Waals surface area contributed by atoms with E-state index in [1.807, 2.05) is 0 Å². The largest absolute Gasteiger partial charge is 0.472 e. The highest BCUT2D eigenvalue weighted by Crippen LogP contribution is 2.45. The minimum Gasteiger partial charge on any atom is -0.462 e. The summed E-state index contributed by atoms with van der Waals surface area (Å²) in [4.78, 5) is 72.8. The Kier molecular flexibility index (Phi) is 70.6. The van der Waals surface area contributed by atoms with Crippen LogP contribution in [0.5, 0.6) is 0 Å². The fraction of sp³-hybridized carbons (Fsp3) is 0.949. The van der Waals surface area contributed by atoms with Gasteiger partial charge in [0, 0.05) is 25.7 Å². The number of phosphoric ester groups is 2. The van der Waals surface area contributed by atoms with E-state index >= 15 is 0 Å². The van der Waals surface area contributed by atoms with Crippen LogP contribution in [0.1, 0.15) is 420 Å². The van der Waals surface area contributed by atoms with E-state index in [4.69, 9.17) is 37.0 Å². The van der Waals surface area contributed by atoms with Crippen LogP contribution >= 0.6 is 15.6 Å². The van der Waals surface area contributed by atoms with Gasteiger partial charge in [-0.1, -0.05) is 369 Å². The van der Waals surface area contributed by atoms with Crippen molar-refractivity contribution < 1.29 is 80.2 Å². The van der Waals surface area contributed by atoms with Crippen LogP contribution in [0, 0.1) is 5.92 Å². The van der Waals surface area contributed by atoms with Crippen molar-refractivity contribution in [2.24, 2.45) is 5.92 Å². The van der Waals surface area contributed by atoms with Crippen LogP contribution in [0.25, 0.3) is 0 Å². The van der Waals surface area contributed by atoms with E-state index in [1.165, 1.54) is 231 Å². The first kappa shape index (κ1) is 96.1. The molecule has 582 valence electrons. The number of hydrogen-bond acceptors (Lipinski definition) is 15. The SMILES string of the molecule is CCCCCCCCCCCCCCCCCCCCCCC(=O)O[C@H](COC(=O)CCCCCCCCCCCCCCCCCCC)COP(=O)(O)OC[C@@H](O)COP(=O)(O)OC[C@@H](COC(=O)CCCCCCCCC)OC(=O)CCCCCCCCCCCCC(C)CC. The normalized spacial score (nSPS) is 14.2. The standard InChI is InChI=1S/C79H154O17P2/c1-6-10-13-16-19-21-23-25-27-29-30-31-33-35-37-39-44-49-54-59-64-78(83)96-75(69-90-77(82)63-58-53-48-43-38-36-34-32-28-26-24-22-20-17-14-11-7-2)71-94-98(87,88)92-67-73(80)66-91-97(85,86)93-70-74(68-89-76(81)62-57-52-46-18-15-12-8-3)95-79(84)65-60-55-50-45-41-40-42-47-51-56-61-72(5)9-4/h72-75,80H,6-71H2,1-5H3,(H,85,86)(H,87,88)/t72?,73-,74+,75+/m0/s1. The smallest absolute Gasteiger partial charge is 0.462 e. The van der Waals surface area contributed by atoms with Crippen LogP contribution < -0.4 is 0 Å². The lowest BCUT2D eigenvalue weighted by molar-refractivity contribution is -0.161. The first-order valence-corrected chi connectivity index (χ1v) is 44.2. The number of esters is 4. The summed E-state index contributed by atoms with van der Waals surface area (Å²) in [5, 5.41) is 10.6. The van der Waals surface area contributed by atoms with Crippen LogP contribution in [-0.2, 0) is 65.4 Å². The van der Waals surface area contributed by atoms with E-state index < -0.39 is 97.5 Å². The van der Waals surface area contributed by atoms with Gasteiger partial charge in [-0.05, 0) is 31.6 Å². The molecule has 98 heavy (non-hydrogen) atoms. The third-order valence-electron chi connectivity index (χ3n) is 18.9. The van der Waals surface area contributed by atoms with Crippen molar-refractivity contribution in [3.63, 3.8) is 0 Å². The van der Waals surface area contributed by atoms with Crippen molar-refractivity contribution in [2.75, 3.05) is 39.6 Å². The summed E-state index contributed by atoms with van der Waals surface area (Å²) >= 11 is 0. The number of rotatable bonds is 79. The molecule has 0 bridgehead atoms. The number of aliphatic hydroxyl groups excluding tert-OH is 1. The Morgan fingerprint density at radius 3 is 0.724 bits per heavy atom. The monoisotopic (exact) mass is 1440 g/mol. The number of carbonyl (C=O) groups is 4. The predicted molar refractivity (Wildman–Crippen MR) is 400 cm³/mol. The highest BCUT2D eigenvalue weighted by atomic mass is 31.2. The quantitative estimate of drug-likeness (QED) is 0.0222. The van der Waals surface area contributed by atoms with Gasteiger partial charge in [0.25, 0.3) is 0 Å². The van der Waals surface area contributed by atoms with Gasteiger partial charge in [0.2, 0.25) is 0 Å². The molecule has 0 saturated heterocycles. The Balaban J connectivity index is 5.18. The molecule has 0 radical (unpaired) electrons. The molecule has 0 aromatic heterocycles. The van der Waals surface area contributed by atoms with Crippen molar-refractivity contribution in [1.29, 1.82) is 0 Å². The van der Waals surface area contributed by atoms with E-state index in [0.29, 0.717) is 25.7 Å². The summed E-state index contributed by atoms with van der Waals surface area (Å²) in [6.07, 6.45) is 62.6. The second-order valence-electron chi connectivity index (χ2n) is 28.7. The van der Waals surface area contributed by atoms with Crippen LogP contribution in [-0.4, -0.2) is 96.7 Å². The zero-order valence-electron chi connectivity index (χ0n) is 63.9. The molecule has 17 nitrogen and oxygen atoms in total. The van der Waals surface area contributed by atoms with Gasteiger partial charge in [-0.2, -0.15) is 0 Å². The number of phosphoric acid groups is 2. The van der Waals surface area contributed by atoms with Crippen molar-refractivity contribution in [3.8, 4) is 0 Å². The average molecular weight is 1440 g/mol. The second kappa shape index (κ2) is 72.0. The third kappa shape index (κ3) is 71.1. The van der Waals surface area contributed by atoms with Crippen molar-refractivity contribution in [3.05, 3.63) is 0 Å². The molecule has 3 N–H and O–H groups in total. The van der Waals surface area contributed by atoms with Crippen molar-refractivity contribution in [2.45, 2.75) is 438 Å². The van der Waals surface area contributed by atoms with E-state index in [0.717, 1.165) is 109 Å². The average Bonchev–Trinajstić information content (AvgIpc) is 1.26. The van der Waals surface area contributed by atoms with E-state index in [-0.39, 0.29) is 25.7 Å². The van der Waals surface area contributed by atoms with Gasteiger partial charge in [0.1, 0.15) is 19.3 Å². The van der Waals surface area contributed by atoms with E-state index in [9.17, 15) is 43.2 Å². The topological polar surface area (TPSA) is 237 Å². The third-order valence-corrected chi connectivity index (χ3v) is 20.8. The lowest BCUT2D eigenvalue weighted by Crippen LogP contribution is -2.30. The predicted octanol–water partition coefficient (Wildman–Crippen LogP) is 23.6. The maximum atomic E-state index is 13.1. The van der Waals surface area contributed by atoms with Gasteiger partial charge in [-0.15, -0.1) is 0 Å². The van der Waals surface area contributed by atoms with Gasteiger partial charge in [-0.25, -0.2) is 9.13 Å². The lowest BCUT2D eigenvalue weighted by atomic mass is 9.99. The number of aliphatic hydroxyl groups is 1.